The van der Waals surface area contributed by atoms with E-state index in [9.17, 15) is 9.90 Å². The van der Waals surface area contributed by atoms with Crippen molar-refractivity contribution < 1.29 is 14.6 Å². The maximum atomic E-state index is 11.0. The predicted molar refractivity (Wildman–Crippen MR) is 48.4 cm³/mol. The molecule has 0 radical (unpaired) electrons. The van der Waals surface area contributed by atoms with Gasteiger partial charge in [-0.25, -0.2) is 4.79 Å². The zero-order valence-electron chi connectivity index (χ0n) is 7.95. The smallest absolute Gasteiger partial charge is 0.407 e. The van der Waals surface area contributed by atoms with Crippen LogP contribution in [0.3, 0.4) is 0 Å². The van der Waals surface area contributed by atoms with Gasteiger partial charge in [-0.2, -0.15) is 0 Å². The molecule has 0 heterocycles. The lowest BCUT2D eigenvalue weighted by Crippen LogP contribution is -2.37. The Balaban J connectivity index is 2.29. The monoisotopic (exact) mass is 187 g/mol. The molecule has 0 bridgehead atoms. The summed E-state index contributed by atoms with van der Waals surface area (Å²) in [4.78, 5) is 11.0. The van der Waals surface area contributed by atoms with Gasteiger partial charge in [0, 0.05) is 6.54 Å². The van der Waals surface area contributed by atoms with Gasteiger partial charge in [0.05, 0.1) is 6.10 Å². The first kappa shape index (κ1) is 10.3. The summed E-state index contributed by atoms with van der Waals surface area (Å²) < 4.78 is 5.04. The molecule has 0 saturated heterocycles. The lowest BCUT2D eigenvalue weighted by atomic mass is 9.95. The first-order valence-electron chi connectivity index (χ1n) is 4.86. The average molecular weight is 187 g/mol. The number of amides is 1. The molecule has 0 aliphatic heterocycles. The molecular weight excluding hydrogens is 170 g/mol. The maximum absolute atomic E-state index is 11.0. The van der Waals surface area contributed by atoms with Crippen molar-refractivity contribution in [3.05, 3.63) is 0 Å². The summed E-state index contributed by atoms with van der Waals surface area (Å²) in [6.45, 7) is 2.39. The van der Waals surface area contributed by atoms with Crippen LogP contribution in [-0.4, -0.2) is 30.0 Å². The van der Waals surface area contributed by atoms with Crippen molar-refractivity contribution in [2.24, 2.45) is 0 Å². The summed E-state index contributed by atoms with van der Waals surface area (Å²) in [6, 6.07) is 0. The average Bonchev–Trinajstić information content (AvgIpc) is 2.09. The van der Waals surface area contributed by atoms with E-state index in [1.54, 1.807) is 0 Å². The summed E-state index contributed by atoms with van der Waals surface area (Å²) in [7, 11) is 0. The van der Waals surface area contributed by atoms with E-state index >= 15 is 0 Å². The Morgan fingerprint density at radius 2 is 2.23 bits per heavy atom. The Morgan fingerprint density at radius 1 is 1.54 bits per heavy atom. The van der Waals surface area contributed by atoms with Gasteiger partial charge < -0.3 is 15.2 Å². The van der Waals surface area contributed by atoms with Gasteiger partial charge in [-0.05, 0) is 26.2 Å². The van der Waals surface area contributed by atoms with E-state index < -0.39 is 12.2 Å². The fourth-order valence-electron chi connectivity index (χ4n) is 1.54. The Labute approximate surface area is 78.3 Å². The van der Waals surface area contributed by atoms with Crippen molar-refractivity contribution in [1.82, 2.24) is 5.32 Å². The Morgan fingerprint density at radius 3 is 2.85 bits per heavy atom. The van der Waals surface area contributed by atoms with E-state index in [1.165, 1.54) is 0 Å². The van der Waals surface area contributed by atoms with E-state index in [0.29, 0.717) is 6.54 Å². The van der Waals surface area contributed by atoms with E-state index in [4.69, 9.17) is 4.74 Å². The lowest BCUT2D eigenvalue weighted by Gasteiger charge is -2.27. The summed E-state index contributed by atoms with van der Waals surface area (Å²) in [6.07, 6.45) is 2.37. The highest BCUT2D eigenvalue weighted by atomic mass is 16.6. The molecule has 1 fully saturated rings. The topological polar surface area (TPSA) is 58.6 Å². The fourth-order valence-corrected chi connectivity index (χ4v) is 1.54. The van der Waals surface area contributed by atoms with E-state index in [0.717, 1.165) is 25.7 Å². The molecule has 13 heavy (non-hydrogen) atoms. The second-order valence-corrected chi connectivity index (χ2v) is 3.33. The molecule has 0 aromatic rings. The minimum Gasteiger partial charge on any atom is -0.443 e. The van der Waals surface area contributed by atoms with E-state index in [1.807, 2.05) is 6.92 Å². The molecule has 1 saturated carbocycles. The van der Waals surface area contributed by atoms with Crippen molar-refractivity contribution in [2.75, 3.05) is 6.54 Å². The number of ether oxygens (including phenoxy) is 1. The summed E-state index contributed by atoms with van der Waals surface area (Å²) in [5, 5.41) is 12.0. The predicted octanol–water partition coefficient (Wildman–Crippen LogP) is 1.04. The van der Waals surface area contributed by atoms with Crippen LogP contribution in [0, 0.1) is 0 Å². The summed E-state index contributed by atoms with van der Waals surface area (Å²) >= 11 is 0. The van der Waals surface area contributed by atoms with Gasteiger partial charge in [0.25, 0.3) is 0 Å². The third kappa shape index (κ3) is 3.22. The summed E-state index contributed by atoms with van der Waals surface area (Å²) in [5.41, 5.74) is 0. The number of carbonyl (C=O) groups excluding carboxylic acids is 1. The van der Waals surface area contributed by atoms with Crippen molar-refractivity contribution in [1.29, 1.82) is 0 Å². The lowest BCUT2D eigenvalue weighted by molar-refractivity contribution is -0.0209. The van der Waals surface area contributed by atoms with Gasteiger partial charge in [0.15, 0.2) is 0 Å². The number of carbonyl (C=O) groups is 1. The molecule has 1 aliphatic rings. The highest BCUT2D eigenvalue weighted by Gasteiger charge is 2.25. The molecule has 76 valence electrons. The standard InChI is InChI=1S/C9H17NO3/c1-2-10-9(12)13-8-6-4-3-5-7(8)11/h7-8,11H,2-6H2,1H3,(H,10,12). The molecule has 1 aliphatic carbocycles. The number of aliphatic hydroxyl groups excluding tert-OH is 1. The molecule has 2 atom stereocenters. The van der Waals surface area contributed by atoms with Gasteiger partial charge in [-0.1, -0.05) is 6.42 Å². The maximum Gasteiger partial charge on any atom is 0.407 e. The van der Waals surface area contributed by atoms with Crippen LogP contribution in [0.2, 0.25) is 0 Å². The first-order chi connectivity index (χ1) is 6.24. The van der Waals surface area contributed by atoms with Crippen LogP contribution in [0.15, 0.2) is 0 Å². The highest BCUT2D eigenvalue weighted by Crippen LogP contribution is 2.20. The highest BCUT2D eigenvalue weighted by molar-refractivity contribution is 5.67. The van der Waals surface area contributed by atoms with E-state index in [2.05, 4.69) is 5.32 Å². The largest absolute Gasteiger partial charge is 0.443 e. The molecule has 2 N–H and O–H groups in total. The van der Waals surface area contributed by atoms with Crippen molar-refractivity contribution >= 4 is 6.09 Å². The van der Waals surface area contributed by atoms with Crippen LogP contribution < -0.4 is 5.32 Å². The number of aliphatic hydroxyl groups is 1. The number of hydrogen-bond acceptors (Lipinski definition) is 3. The molecule has 2 unspecified atom stereocenters. The molecule has 1 amide bonds. The minimum absolute atomic E-state index is 0.305. The SMILES string of the molecule is CCNC(=O)OC1CCCCC1O. The molecule has 4 heteroatoms. The van der Waals surface area contributed by atoms with Gasteiger partial charge in [0.2, 0.25) is 0 Å². The Bertz CT molecular complexity index is 172. The van der Waals surface area contributed by atoms with Crippen LogP contribution in [0.1, 0.15) is 32.6 Å². The van der Waals surface area contributed by atoms with Gasteiger partial charge in [0.1, 0.15) is 6.10 Å². The number of hydrogen-bond donors (Lipinski definition) is 2. The van der Waals surface area contributed by atoms with Crippen LogP contribution in [0.5, 0.6) is 0 Å². The number of nitrogens with one attached hydrogen (secondary N) is 1. The zero-order chi connectivity index (χ0) is 9.68. The van der Waals surface area contributed by atoms with Crippen LogP contribution in [-0.2, 0) is 4.74 Å². The van der Waals surface area contributed by atoms with Crippen molar-refractivity contribution in [3.63, 3.8) is 0 Å². The molecule has 0 aromatic heterocycles. The van der Waals surface area contributed by atoms with Crippen molar-refractivity contribution in [2.45, 2.75) is 44.8 Å². The van der Waals surface area contributed by atoms with Crippen molar-refractivity contribution in [3.8, 4) is 0 Å². The summed E-state index contributed by atoms with van der Waals surface area (Å²) in [5.74, 6) is 0. The number of rotatable bonds is 2. The normalized spacial score (nSPS) is 28.2. The molecule has 0 aromatic carbocycles. The zero-order valence-corrected chi connectivity index (χ0v) is 7.95. The Kier molecular flexibility index (Phi) is 4.02. The van der Waals surface area contributed by atoms with Crippen LogP contribution >= 0.6 is 0 Å². The number of alkyl carbamates (subject to hydrolysis) is 1. The molecule has 0 spiro atoms. The second-order valence-electron chi connectivity index (χ2n) is 3.33. The third-order valence-electron chi connectivity index (χ3n) is 2.25. The Hall–Kier alpha value is -0.770. The minimum atomic E-state index is -0.476. The molecule has 1 rings (SSSR count). The molecular formula is C9H17NO3. The van der Waals surface area contributed by atoms with Crippen LogP contribution in [0.4, 0.5) is 4.79 Å². The molecule has 4 nitrogen and oxygen atoms in total. The second kappa shape index (κ2) is 5.07. The van der Waals surface area contributed by atoms with E-state index in [-0.39, 0.29) is 6.10 Å². The van der Waals surface area contributed by atoms with Gasteiger partial charge in [-0.15, -0.1) is 0 Å². The fraction of sp³-hybridized carbons (Fsp3) is 0.889. The quantitative estimate of drug-likeness (QED) is 0.679. The third-order valence-corrected chi connectivity index (χ3v) is 2.25. The first-order valence-corrected chi connectivity index (χ1v) is 4.86. The van der Waals surface area contributed by atoms with Gasteiger partial charge >= 0.3 is 6.09 Å². The van der Waals surface area contributed by atoms with Crippen LogP contribution in [0.25, 0.3) is 0 Å². The van der Waals surface area contributed by atoms with Gasteiger partial charge in [-0.3, -0.25) is 0 Å².